The molecule has 0 spiro atoms. The van der Waals surface area contributed by atoms with E-state index in [4.69, 9.17) is 18.9 Å². The van der Waals surface area contributed by atoms with Gasteiger partial charge in [0.1, 0.15) is 24.0 Å². The lowest BCUT2D eigenvalue weighted by Gasteiger charge is -2.39. The highest BCUT2D eigenvalue weighted by Gasteiger charge is 2.44. The first-order valence-corrected chi connectivity index (χ1v) is 17.4. The lowest BCUT2D eigenvalue weighted by atomic mass is 9.83. The van der Waals surface area contributed by atoms with E-state index in [0.717, 1.165) is 29.4 Å². The summed E-state index contributed by atoms with van der Waals surface area (Å²) in [6.45, 7) is 15.4. The number of anilines is 3. The third-order valence-electron chi connectivity index (χ3n) is 8.62. The first-order valence-electron chi connectivity index (χ1n) is 14.5. The number of ether oxygens (including phenoxy) is 2. The molecule has 1 fully saturated rings. The number of rotatable bonds is 10. The molecule has 1 N–H and O–H groups in total. The predicted octanol–water partition coefficient (Wildman–Crippen LogP) is 5.23. The Morgan fingerprint density at radius 1 is 1.28 bits per heavy atom. The van der Waals surface area contributed by atoms with Crippen molar-refractivity contribution in [1.29, 1.82) is 5.26 Å². The molecular formula is C31H38BN6O4Si. The van der Waals surface area contributed by atoms with E-state index in [1.165, 1.54) is 7.41 Å². The molecule has 223 valence electrons. The van der Waals surface area contributed by atoms with Crippen LogP contribution in [0.15, 0.2) is 42.7 Å². The summed E-state index contributed by atoms with van der Waals surface area (Å²) in [5.41, 5.74) is 3.78. The summed E-state index contributed by atoms with van der Waals surface area (Å²) in [7, 11) is -0.562. The standard InChI is InChI=1S/C31H38BN6O4Si/c1-30(2,3)43(5,6)41-19-31(4)18-38(32-20-39)27-22(16-33)14-21(15-24(27)31)25-9-12-35-29(36-25)37-26-8-7-11-34-28(26)42-23-10-13-40-17-23/h7-9,11-12,14-15,20,23H,10,13,17-19H2,1-6H3,(H,35,36,37)/t23-,31+/m0/s1. The van der Waals surface area contributed by atoms with E-state index in [9.17, 15) is 10.1 Å². The third-order valence-corrected chi connectivity index (χ3v) is 13.1. The van der Waals surface area contributed by atoms with Gasteiger partial charge in [0.15, 0.2) is 8.32 Å². The molecule has 4 heterocycles. The summed E-state index contributed by atoms with van der Waals surface area (Å²) >= 11 is 0. The number of pyridine rings is 1. The fourth-order valence-electron chi connectivity index (χ4n) is 5.10. The zero-order valence-corrected chi connectivity index (χ0v) is 26.7. The second-order valence-corrected chi connectivity index (χ2v) is 17.7. The molecule has 3 aromatic rings. The minimum atomic E-state index is -2.06. The number of aromatic nitrogens is 3. The van der Waals surface area contributed by atoms with Gasteiger partial charge in [-0.05, 0) is 54.0 Å². The van der Waals surface area contributed by atoms with Gasteiger partial charge in [0.2, 0.25) is 11.8 Å². The van der Waals surface area contributed by atoms with Crippen LogP contribution in [-0.2, 0) is 19.4 Å². The molecule has 0 saturated carbocycles. The van der Waals surface area contributed by atoms with Crippen LogP contribution in [0.25, 0.3) is 11.3 Å². The van der Waals surface area contributed by atoms with Crippen molar-refractivity contribution in [2.75, 3.05) is 36.5 Å². The van der Waals surface area contributed by atoms with Gasteiger partial charge < -0.3 is 28.8 Å². The quantitative estimate of drug-likeness (QED) is 0.246. The minimum absolute atomic E-state index is 0.0491. The summed E-state index contributed by atoms with van der Waals surface area (Å²) in [5, 5.41) is 13.5. The Hall–Kier alpha value is -3.79. The van der Waals surface area contributed by atoms with E-state index in [1.807, 2.05) is 29.1 Å². The predicted molar refractivity (Wildman–Crippen MR) is 170 cm³/mol. The Kier molecular flexibility index (Phi) is 8.61. The number of carbonyl (C=O) groups is 1. The molecule has 12 heteroatoms. The van der Waals surface area contributed by atoms with E-state index < -0.39 is 13.7 Å². The number of benzene rings is 1. The largest absolute Gasteiger partial charge is 0.470 e. The van der Waals surface area contributed by atoms with Crippen LogP contribution in [0.1, 0.15) is 45.2 Å². The highest BCUT2D eigenvalue weighted by Crippen LogP contribution is 2.46. The Balaban J connectivity index is 1.48. The van der Waals surface area contributed by atoms with Gasteiger partial charge in [0.05, 0.1) is 24.5 Å². The van der Waals surface area contributed by atoms with Crippen LogP contribution in [0.5, 0.6) is 5.88 Å². The average molecular weight is 598 g/mol. The molecular weight excluding hydrogens is 559 g/mol. The number of nitrogens with zero attached hydrogens (tertiary/aromatic N) is 5. The van der Waals surface area contributed by atoms with Crippen molar-refractivity contribution >= 4 is 39.2 Å². The zero-order chi connectivity index (χ0) is 30.8. The van der Waals surface area contributed by atoms with Crippen LogP contribution < -0.4 is 14.9 Å². The smallest absolute Gasteiger partial charge is 0.329 e. The Labute approximate surface area is 255 Å². The topological polar surface area (TPSA) is 122 Å². The van der Waals surface area contributed by atoms with Crippen LogP contribution in [0.2, 0.25) is 18.1 Å². The first-order chi connectivity index (χ1) is 20.4. The molecule has 2 aliphatic heterocycles. The van der Waals surface area contributed by atoms with Crippen molar-refractivity contribution < 1.29 is 18.7 Å². The summed E-state index contributed by atoms with van der Waals surface area (Å²) in [4.78, 5) is 27.1. The van der Waals surface area contributed by atoms with Crippen LogP contribution in [0, 0.1) is 11.3 Å². The van der Waals surface area contributed by atoms with Crippen molar-refractivity contribution in [3.8, 4) is 23.2 Å². The minimum Gasteiger partial charge on any atom is -0.470 e. The summed E-state index contributed by atoms with van der Waals surface area (Å²) in [5.74, 6) is 0.831. The number of fused-ring (bicyclic) bond motifs is 1. The molecule has 1 aromatic carbocycles. The van der Waals surface area contributed by atoms with E-state index in [2.05, 4.69) is 68.2 Å². The maximum absolute atomic E-state index is 11.6. The normalized spacial score (nSPS) is 19.9. The van der Waals surface area contributed by atoms with Crippen LogP contribution in [0.3, 0.4) is 0 Å². The average Bonchev–Trinajstić information content (AvgIpc) is 3.58. The molecule has 0 bridgehead atoms. The molecule has 1 radical (unpaired) electrons. The first kappa shape index (κ1) is 30.7. The Morgan fingerprint density at radius 3 is 2.79 bits per heavy atom. The van der Waals surface area contributed by atoms with Crippen molar-refractivity contribution in [3.05, 3.63) is 53.9 Å². The molecule has 2 atom stereocenters. The fourth-order valence-corrected chi connectivity index (χ4v) is 6.21. The van der Waals surface area contributed by atoms with Gasteiger partial charge in [0.25, 0.3) is 0 Å². The van der Waals surface area contributed by atoms with E-state index in [1.54, 1.807) is 12.4 Å². The molecule has 1 saturated heterocycles. The van der Waals surface area contributed by atoms with Crippen molar-refractivity contribution in [2.24, 2.45) is 0 Å². The highest BCUT2D eigenvalue weighted by molar-refractivity contribution is 6.74. The van der Waals surface area contributed by atoms with Crippen LogP contribution >= 0.6 is 0 Å². The van der Waals surface area contributed by atoms with Gasteiger partial charge in [-0.15, -0.1) is 0 Å². The molecule has 2 aliphatic rings. The molecule has 0 unspecified atom stereocenters. The number of nitriles is 1. The Morgan fingerprint density at radius 2 is 2.09 bits per heavy atom. The van der Waals surface area contributed by atoms with Gasteiger partial charge in [-0.3, -0.25) is 0 Å². The summed E-state index contributed by atoms with van der Waals surface area (Å²) in [6.07, 6.45) is 4.88. The molecule has 0 amide bonds. The molecule has 2 aromatic heterocycles. The SMILES string of the molecule is CC(C)(C)[Si](C)(C)OC[C@@]1(C)CN([B]C=O)c2c(C#N)cc(-c3ccnc(Nc4cccnc4O[C@H]4CCOC4)n3)cc21. The molecule has 43 heavy (non-hydrogen) atoms. The van der Waals surface area contributed by atoms with Crippen molar-refractivity contribution in [3.63, 3.8) is 0 Å². The molecule has 0 aliphatic carbocycles. The zero-order valence-electron chi connectivity index (χ0n) is 25.7. The van der Waals surface area contributed by atoms with Gasteiger partial charge in [-0.1, -0.05) is 27.7 Å². The number of nitrogens with one attached hydrogen (secondary N) is 1. The second kappa shape index (κ2) is 12.1. The summed E-state index contributed by atoms with van der Waals surface area (Å²) in [6, 6.07) is 11.7. The van der Waals surface area contributed by atoms with E-state index in [-0.39, 0.29) is 11.1 Å². The third kappa shape index (κ3) is 6.44. The van der Waals surface area contributed by atoms with Crippen LogP contribution in [0.4, 0.5) is 17.3 Å². The fraction of sp³-hybridized carbons (Fsp3) is 0.452. The van der Waals surface area contributed by atoms with Crippen molar-refractivity contribution in [1.82, 2.24) is 15.0 Å². The Bertz CT molecular complexity index is 1540. The number of hydrogen-bond donors (Lipinski definition) is 1. The summed E-state index contributed by atoms with van der Waals surface area (Å²) < 4.78 is 18.2. The van der Waals surface area contributed by atoms with Gasteiger partial charge >= 0.3 is 7.41 Å². The number of hydrogen-bond acceptors (Lipinski definition) is 10. The van der Waals surface area contributed by atoms with Gasteiger partial charge in [-0.25, -0.2) is 15.0 Å². The van der Waals surface area contributed by atoms with E-state index >= 15 is 0 Å². The maximum Gasteiger partial charge on any atom is 0.329 e. The lowest BCUT2D eigenvalue weighted by molar-refractivity contribution is 0.138. The van der Waals surface area contributed by atoms with Gasteiger partial charge in [-0.2, -0.15) is 5.26 Å². The van der Waals surface area contributed by atoms with E-state index in [0.29, 0.717) is 55.1 Å². The van der Waals surface area contributed by atoms with Crippen LogP contribution in [-0.4, -0.2) is 69.3 Å². The van der Waals surface area contributed by atoms with Gasteiger partial charge in [0, 0.05) is 48.6 Å². The monoisotopic (exact) mass is 597 g/mol. The second-order valence-electron chi connectivity index (χ2n) is 12.9. The highest BCUT2D eigenvalue weighted by atomic mass is 28.4. The maximum atomic E-state index is 11.6. The molecule has 10 nitrogen and oxygen atoms in total. The molecule has 5 rings (SSSR count). The van der Waals surface area contributed by atoms with Crippen molar-refractivity contribution in [2.45, 2.75) is 63.8 Å². The number of carbonyl (C=O) groups excluding carboxylic acids is 1. The lowest BCUT2D eigenvalue weighted by Crippen LogP contribution is -2.46.